The molecule has 2 aromatic carbocycles. The molecule has 0 saturated carbocycles. The zero-order valence-electron chi connectivity index (χ0n) is 12.6. The molecule has 0 radical (unpaired) electrons. The lowest BCUT2D eigenvalue weighted by Gasteiger charge is -2.02. The van der Waals surface area contributed by atoms with Crippen molar-refractivity contribution >= 4 is 24.3 Å². The summed E-state index contributed by atoms with van der Waals surface area (Å²) in [5.74, 6) is 0. The summed E-state index contributed by atoms with van der Waals surface area (Å²) in [6, 6.07) is 16.9. The van der Waals surface area contributed by atoms with Crippen molar-refractivity contribution in [1.82, 2.24) is 0 Å². The molecule has 1 nitrogen and oxygen atoms in total. The van der Waals surface area contributed by atoms with Crippen LogP contribution in [0.4, 0.5) is 0 Å². The Hall–Kier alpha value is -2.22. The highest BCUT2D eigenvalue weighted by molar-refractivity contribution is 6.45. The average molecular weight is 274 g/mol. The van der Waals surface area contributed by atoms with Crippen molar-refractivity contribution in [2.75, 3.05) is 0 Å². The van der Waals surface area contributed by atoms with Crippen molar-refractivity contribution in [2.45, 2.75) is 20.2 Å². The number of hydrogen-bond donors (Lipinski definition) is 0. The largest absolute Gasteiger partial charge is 0.464 e. The van der Waals surface area contributed by atoms with Crippen LogP contribution >= 0.6 is 0 Å². The zero-order valence-corrected chi connectivity index (χ0v) is 12.6. The Morgan fingerprint density at radius 2 is 1.90 bits per heavy atom. The third kappa shape index (κ3) is 2.80. The molecule has 0 fully saturated rings. The molecule has 3 aromatic rings. The lowest BCUT2D eigenvalue weighted by Crippen LogP contribution is -1.88. The Morgan fingerprint density at radius 3 is 2.62 bits per heavy atom. The van der Waals surface area contributed by atoms with Gasteiger partial charge in [0.05, 0.1) is 6.26 Å². The highest BCUT2D eigenvalue weighted by Gasteiger charge is 2.07. The first-order chi connectivity index (χ1) is 10.3. The van der Waals surface area contributed by atoms with Gasteiger partial charge in [-0.2, -0.15) is 0 Å². The van der Waals surface area contributed by atoms with Gasteiger partial charge in [-0.3, -0.25) is 0 Å². The van der Waals surface area contributed by atoms with E-state index in [1.54, 1.807) is 0 Å². The van der Waals surface area contributed by atoms with E-state index >= 15 is 0 Å². The van der Waals surface area contributed by atoms with Gasteiger partial charge in [0, 0.05) is 10.9 Å². The summed E-state index contributed by atoms with van der Waals surface area (Å²) < 4.78 is 5.69. The predicted molar refractivity (Wildman–Crippen MR) is 92.9 cm³/mol. The van der Waals surface area contributed by atoms with Gasteiger partial charge in [-0.05, 0) is 29.7 Å². The quantitative estimate of drug-likeness (QED) is 0.585. The van der Waals surface area contributed by atoms with Crippen LogP contribution in [0.5, 0.6) is 0 Å². The highest BCUT2D eigenvalue weighted by Crippen LogP contribution is 2.29. The molecule has 104 valence electrons. The molecule has 3 rings (SSSR count). The third-order valence-corrected chi connectivity index (χ3v) is 3.98. The van der Waals surface area contributed by atoms with Gasteiger partial charge in [0.25, 0.3) is 0 Å². The van der Waals surface area contributed by atoms with Crippen molar-refractivity contribution in [3.8, 4) is 11.1 Å². The van der Waals surface area contributed by atoms with Crippen molar-refractivity contribution in [2.24, 2.45) is 0 Å². The van der Waals surface area contributed by atoms with E-state index in [4.69, 9.17) is 4.42 Å². The van der Waals surface area contributed by atoms with Gasteiger partial charge >= 0.3 is 0 Å². The van der Waals surface area contributed by atoms with E-state index in [0.29, 0.717) is 0 Å². The smallest absolute Gasteiger partial charge is 0.149 e. The van der Waals surface area contributed by atoms with E-state index < -0.39 is 0 Å². The van der Waals surface area contributed by atoms with Gasteiger partial charge < -0.3 is 4.42 Å². The van der Waals surface area contributed by atoms with E-state index in [-0.39, 0.29) is 0 Å². The topological polar surface area (TPSA) is 13.1 Å². The molecule has 0 aliphatic heterocycles. The van der Waals surface area contributed by atoms with Crippen molar-refractivity contribution < 1.29 is 4.42 Å². The zero-order chi connectivity index (χ0) is 14.7. The molecule has 0 unspecified atom stereocenters. The Morgan fingerprint density at radius 1 is 1.10 bits per heavy atom. The summed E-state index contributed by atoms with van der Waals surface area (Å²) in [5.41, 5.74) is 6.05. The van der Waals surface area contributed by atoms with Crippen molar-refractivity contribution in [3.63, 3.8) is 0 Å². The molecule has 0 saturated heterocycles. The van der Waals surface area contributed by atoms with Crippen molar-refractivity contribution in [1.29, 1.82) is 0 Å². The van der Waals surface area contributed by atoms with Gasteiger partial charge in [-0.25, -0.2) is 0 Å². The first kappa shape index (κ1) is 13.8. The fourth-order valence-corrected chi connectivity index (χ4v) is 2.64. The number of fused-ring (bicyclic) bond motifs is 1. The van der Waals surface area contributed by atoms with E-state index in [1.165, 1.54) is 27.5 Å². The van der Waals surface area contributed by atoms with Crippen LogP contribution < -0.4 is 0 Å². The Labute approximate surface area is 126 Å². The summed E-state index contributed by atoms with van der Waals surface area (Å²) in [5, 5.41) is 1.19. The molecule has 0 N–H and O–H groups in total. The minimum absolute atomic E-state index is 0.951. The minimum atomic E-state index is 0.951. The van der Waals surface area contributed by atoms with Crippen LogP contribution in [0.2, 0.25) is 6.82 Å². The number of benzene rings is 2. The molecule has 1 heterocycles. The second kappa shape index (κ2) is 6.05. The van der Waals surface area contributed by atoms with Crippen LogP contribution in [0.15, 0.2) is 64.7 Å². The first-order valence-corrected chi connectivity index (χ1v) is 7.58. The number of rotatable bonds is 4. The van der Waals surface area contributed by atoms with Gasteiger partial charge in [0.2, 0.25) is 0 Å². The van der Waals surface area contributed by atoms with Crippen LogP contribution in [0.25, 0.3) is 28.2 Å². The lowest BCUT2D eigenvalue weighted by molar-refractivity contribution is 0.615. The number of allylic oxidation sites excluding steroid dienone is 1. The molecular formula is C19H19BO. The normalized spacial score (nSPS) is 11.8. The van der Waals surface area contributed by atoms with Gasteiger partial charge in [0.1, 0.15) is 12.9 Å². The number of hydrogen-bond acceptors (Lipinski definition) is 1. The fourth-order valence-electron chi connectivity index (χ4n) is 2.64. The Bertz CT molecular complexity index is 763. The van der Waals surface area contributed by atoms with Crippen LogP contribution in [-0.4, -0.2) is 7.28 Å². The maximum Gasteiger partial charge on any atom is 0.149 e. The van der Waals surface area contributed by atoms with Crippen LogP contribution in [0.1, 0.15) is 18.9 Å². The Kier molecular flexibility index (Phi) is 3.96. The van der Waals surface area contributed by atoms with Gasteiger partial charge in [-0.1, -0.05) is 56.2 Å². The average Bonchev–Trinajstić information content (AvgIpc) is 2.95. The SMILES string of the molecule is CB/C(=C/c1coc2ccc(-c3ccccc3)cc12)CC. The summed E-state index contributed by atoms with van der Waals surface area (Å²) in [4.78, 5) is 0. The third-order valence-electron chi connectivity index (χ3n) is 3.98. The standard InChI is InChI=1S/C19H19BO/c1-3-17(20-2)11-16-13-21-19-10-9-15(12-18(16)19)14-7-5-4-6-8-14/h4-13,20H,3H2,1-2H3/b17-11+. The molecule has 0 atom stereocenters. The molecule has 0 amide bonds. The van der Waals surface area contributed by atoms with E-state index in [0.717, 1.165) is 19.3 Å². The number of furan rings is 1. The molecular weight excluding hydrogens is 255 g/mol. The van der Waals surface area contributed by atoms with Gasteiger partial charge in [-0.15, -0.1) is 5.47 Å². The fraction of sp³-hybridized carbons (Fsp3) is 0.158. The first-order valence-electron chi connectivity index (χ1n) is 7.58. The lowest BCUT2D eigenvalue weighted by atomic mass is 9.70. The maximum absolute atomic E-state index is 5.69. The highest BCUT2D eigenvalue weighted by atomic mass is 16.3. The van der Waals surface area contributed by atoms with Crippen LogP contribution in [0, 0.1) is 0 Å². The maximum atomic E-state index is 5.69. The Balaban J connectivity index is 2.10. The molecule has 0 spiro atoms. The van der Waals surface area contributed by atoms with Crippen LogP contribution in [0.3, 0.4) is 0 Å². The van der Waals surface area contributed by atoms with E-state index in [1.807, 2.05) is 12.3 Å². The van der Waals surface area contributed by atoms with E-state index in [9.17, 15) is 0 Å². The summed E-state index contributed by atoms with van der Waals surface area (Å²) >= 11 is 0. The molecule has 1 aromatic heterocycles. The monoisotopic (exact) mass is 274 g/mol. The molecule has 0 aliphatic carbocycles. The predicted octanol–water partition coefficient (Wildman–Crippen LogP) is 5.34. The van der Waals surface area contributed by atoms with Crippen LogP contribution in [-0.2, 0) is 0 Å². The summed E-state index contributed by atoms with van der Waals surface area (Å²) in [6.07, 6.45) is 5.22. The molecule has 0 bridgehead atoms. The minimum Gasteiger partial charge on any atom is -0.464 e. The second-order valence-corrected chi connectivity index (χ2v) is 5.28. The van der Waals surface area contributed by atoms with Gasteiger partial charge in [0.15, 0.2) is 0 Å². The molecule has 0 aliphatic rings. The summed E-state index contributed by atoms with van der Waals surface area (Å²) in [7, 11) is 1.08. The van der Waals surface area contributed by atoms with E-state index in [2.05, 4.69) is 62.3 Å². The molecule has 21 heavy (non-hydrogen) atoms. The summed E-state index contributed by atoms with van der Waals surface area (Å²) in [6.45, 7) is 4.40. The van der Waals surface area contributed by atoms with Crippen molar-refractivity contribution in [3.05, 3.63) is 65.8 Å². The second-order valence-electron chi connectivity index (χ2n) is 5.28. The molecule has 2 heteroatoms.